The molecule has 2 aromatic carbocycles. The molecule has 2 rings (SSSR count). The molecule has 0 bridgehead atoms. The van der Waals surface area contributed by atoms with Crippen LogP contribution in [0.25, 0.3) is 0 Å². The van der Waals surface area contributed by atoms with Crippen molar-refractivity contribution < 1.29 is 38.6 Å². The van der Waals surface area contributed by atoms with Crippen molar-refractivity contribution in [1.29, 1.82) is 0 Å². The standard InChI is InChI=1S/C31H42N4O8.H4NP/c1-6-26(37)34-24(15-21-10-8-7-9-11-21)31(41)35-23(12-19(2)3)30(40)33-16-27(38)32-17-28(39)43-29-22(18-36)13-20(4)14-25(29)42-5;1-2/h7-11,13-14,19,23-24,36H,6,12,15-18H2,1-5H3,(H,32,38)(H,33,40)(H,34,37)(H,35,41);1-2H2. The van der Waals surface area contributed by atoms with Crippen LogP contribution in [-0.4, -0.2) is 67.0 Å². The number of amides is 4. The summed E-state index contributed by atoms with van der Waals surface area (Å²) in [6.07, 6.45) is 0.719. The average molecular weight is 648 g/mol. The van der Waals surface area contributed by atoms with E-state index in [4.69, 9.17) is 9.47 Å². The molecule has 4 amide bonds. The van der Waals surface area contributed by atoms with Gasteiger partial charge in [0.1, 0.15) is 18.6 Å². The fourth-order valence-electron chi connectivity index (χ4n) is 4.20. The predicted octanol–water partition coefficient (Wildman–Crippen LogP) is 1.04. The van der Waals surface area contributed by atoms with E-state index in [2.05, 4.69) is 26.8 Å². The first-order valence-electron chi connectivity index (χ1n) is 14.5. The van der Waals surface area contributed by atoms with Crippen molar-refractivity contribution in [2.75, 3.05) is 20.2 Å². The number of nitrogens with one attached hydrogen (secondary N) is 4. The number of hydrogen-bond acceptors (Lipinski definition) is 9. The van der Waals surface area contributed by atoms with Crippen molar-refractivity contribution in [2.24, 2.45) is 11.4 Å². The highest BCUT2D eigenvalue weighted by atomic mass is 31.0. The van der Waals surface area contributed by atoms with E-state index in [-0.39, 0.29) is 49.2 Å². The lowest BCUT2D eigenvalue weighted by Crippen LogP contribution is -2.55. The largest absolute Gasteiger partial charge is 0.493 e. The molecule has 2 aromatic rings. The molecule has 7 N–H and O–H groups in total. The maximum atomic E-state index is 13.2. The van der Waals surface area contributed by atoms with E-state index in [0.29, 0.717) is 5.56 Å². The van der Waals surface area contributed by atoms with Gasteiger partial charge in [0.15, 0.2) is 11.5 Å². The average Bonchev–Trinajstić information content (AvgIpc) is 3.03. The van der Waals surface area contributed by atoms with Gasteiger partial charge >= 0.3 is 5.97 Å². The first-order chi connectivity index (χ1) is 21.5. The Kier molecular flexibility index (Phi) is 18.0. The maximum Gasteiger partial charge on any atom is 0.330 e. The summed E-state index contributed by atoms with van der Waals surface area (Å²) in [7, 11) is 3.32. The molecule has 0 heterocycles. The Labute approximate surface area is 266 Å². The number of esters is 1. The molecule has 45 heavy (non-hydrogen) atoms. The summed E-state index contributed by atoms with van der Waals surface area (Å²) in [5.41, 5.74) is 6.41. The zero-order valence-corrected chi connectivity index (χ0v) is 27.6. The van der Waals surface area contributed by atoms with E-state index in [1.807, 2.05) is 53.6 Å². The monoisotopic (exact) mass is 647 g/mol. The quantitative estimate of drug-likeness (QED) is 0.0876. The molecular weight excluding hydrogens is 601 g/mol. The first-order valence-corrected chi connectivity index (χ1v) is 15.1. The molecule has 0 radical (unpaired) electrons. The number of carbonyl (C=O) groups excluding carboxylic acids is 5. The lowest BCUT2D eigenvalue weighted by molar-refractivity contribution is -0.136. The van der Waals surface area contributed by atoms with E-state index in [9.17, 15) is 29.1 Å². The highest BCUT2D eigenvalue weighted by molar-refractivity contribution is 7.13. The minimum absolute atomic E-state index is 0.0278. The highest BCUT2D eigenvalue weighted by Gasteiger charge is 2.28. The van der Waals surface area contributed by atoms with E-state index in [1.54, 1.807) is 26.0 Å². The summed E-state index contributed by atoms with van der Waals surface area (Å²) < 4.78 is 10.5. The minimum atomic E-state index is -0.965. The maximum absolute atomic E-state index is 13.2. The van der Waals surface area contributed by atoms with Gasteiger partial charge in [-0.1, -0.05) is 60.5 Å². The molecule has 0 saturated carbocycles. The van der Waals surface area contributed by atoms with Crippen molar-refractivity contribution >= 4 is 39.0 Å². The second-order valence-corrected chi connectivity index (χ2v) is 10.4. The number of benzene rings is 2. The number of methoxy groups -OCH3 is 1. The Bertz CT molecular complexity index is 1250. The normalized spacial score (nSPS) is 11.7. The second-order valence-electron chi connectivity index (χ2n) is 10.4. The van der Waals surface area contributed by atoms with Crippen LogP contribution in [0.3, 0.4) is 0 Å². The van der Waals surface area contributed by atoms with E-state index >= 15 is 0 Å². The van der Waals surface area contributed by atoms with Crippen LogP contribution in [0.4, 0.5) is 0 Å². The predicted molar refractivity (Wildman–Crippen MR) is 173 cm³/mol. The molecular formula is C31H46N5O8P. The van der Waals surface area contributed by atoms with Gasteiger partial charge in [0.25, 0.3) is 0 Å². The molecule has 0 fully saturated rings. The van der Waals surface area contributed by atoms with Crippen LogP contribution < -0.4 is 36.2 Å². The Morgan fingerprint density at radius 1 is 0.911 bits per heavy atom. The third-order valence-electron chi connectivity index (χ3n) is 6.33. The van der Waals surface area contributed by atoms with Crippen LogP contribution in [0.15, 0.2) is 42.5 Å². The molecule has 0 spiro atoms. The lowest BCUT2D eigenvalue weighted by Gasteiger charge is -2.24. The van der Waals surface area contributed by atoms with Gasteiger partial charge in [-0.2, -0.15) is 0 Å². The zero-order chi connectivity index (χ0) is 33.9. The summed E-state index contributed by atoms with van der Waals surface area (Å²) in [5.74, 6) is -2.53. The summed E-state index contributed by atoms with van der Waals surface area (Å²) >= 11 is 0. The van der Waals surface area contributed by atoms with Crippen LogP contribution in [0, 0.1) is 12.8 Å². The summed E-state index contributed by atoms with van der Waals surface area (Å²) in [4.78, 5) is 63.1. The summed E-state index contributed by atoms with van der Waals surface area (Å²) in [5, 5.41) is 19.9. The fourth-order valence-corrected chi connectivity index (χ4v) is 4.20. The topological polar surface area (TPSA) is 198 Å². The number of aryl methyl sites for hydroxylation is 1. The number of carbonyl (C=O) groups is 5. The Morgan fingerprint density at radius 2 is 1.58 bits per heavy atom. The molecule has 0 aliphatic rings. The molecule has 0 saturated heterocycles. The van der Waals surface area contributed by atoms with Crippen molar-refractivity contribution in [3.8, 4) is 11.5 Å². The van der Waals surface area contributed by atoms with Crippen LogP contribution in [0.2, 0.25) is 0 Å². The Balaban J connectivity index is 0.00000496. The molecule has 3 unspecified atom stereocenters. The van der Waals surface area contributed by atoms with Gasteiger partial charge in [0, 0.05) is 18.4 Å². The van der Waals surface area contributed by atoms with Crippen LogP contribution in [0.1, 0.15) is 50.3 Å². The number of hydrogen-bond donors (Lipinski definition) is 6. The summed E-state index contributed by atoms with van der Waals surface area (Å²) in [6.45, 7) is 5.91. The highest BCUT2D eigenvalue weighted by Crippen LogP contribution is 2.33. The SMILES string of the molecule is CCC(=O)NC(Cc1ccccc1)C(=O)NC(CC(C)C)C(=O)NCC(=O)NCC(=O)Oc1c(CO)cc(C)cc1OC.NP. The smallest absolute Gasteiger partial charge is 0.330 e. The van der Waals surface area contributed by atoms with E-state index in [0.717, 1.165) is 11.1 Å². The van der Waals surface area contributed by atoms with E-state index < -0.39 is 48.9 Å². The van der Waals surface area contributed by atoms with Gasteiger partial charge in [-0.25, -0.2) is 4.79 Å². The zero-order valence-electron chi connectivity index (χ0n) is 26.5. The van der Waals surface area contributed by atoms with Gasteiger partial charge in [-0.3, -0.25) is 19.2 Å². The molecule has 14 heteroatoms. The number of aliphatic hydroxyl groups excluding tert-OH is 1. The third kappa shape index (κ3) is 14.1. The lowest BCUT2D eigenvalue weighted by atomic mass is 10.0. The van der Waals surface area contributed by atoms with Crippen molar-refractivity contribution in [1.82, 2.24) is 21.3 Å². The van der Waals surface area contributed by atoms with Crippen LogP contribution in [-0.2, 0) is 37.0 Å². The fraction of sp³-hybridized carbons (Fsp3) is 0.452. The van der Waals surface area contributed by atoms with Gasteiger partial charge in [-0.15, -0.1) is 0 Å². The van der Waals surface area contributed by atoms with Crippen molar-refractivity contribution in [2.45, 2.75) is 65.6 Å². The Hall–Kier alpha value is -4.06. The minimum Gasteiger partial charge on any atom is -0.493 e. The number of nitrogens with two attached hydrogens (primary N) is 1. The van der Waals surface area contributed by atoms with Gasteiger partial charge in [-0.05, 0) is 42.5 Å². The van der Waals surface area contributed by atoms with Crippen molar-refractivity contribution in [3.63, 3.8) is 0 Å². The summed E-state index contributed by atoms with van der Waals surface area (Å²) in [6, 6.07) is 10.6. The second kappa shape index (κ2) is 20.8. The molecule has 0 aliphatic carbocycles. The van der Waals surface area contributed by atoms with Crippen LogP contribution in [0.5, 0.6) is 11.5 Å². The molecule has 0 aromatic heterocycles. The number of aliphatic hydroxyl groups is 1. The molecule has 13 nitrogen and oxygen atoms in total. The number of rotatable bonds is 16. The molecule has 248 valence electrons. The Morgan fingerprint density at radius 3 is 2.16 bits per heavy atom. The van der Waals surface area contributed by atoms with E-state index in [1.165, 1.54) is 7.11 Å². The number of ether oxygens (including phenoxy) is 2. The first kappa shape index (κ1) is 39.0. The van der Waals surface area contributed by atoms with Gasteiger partial charge in [0.05, 0.1) is 20.3 Å². The molecule has 0 aliphatic heterocycles. The van der Waals surface area contributed by atoms with Crippen LogP contribution >= 0.6 is 9.39 Å². The molecule has 3 atom stereocenters. The van der Waals surface area contributed by atoms with Gasteiger partial charge < -0.3 is 41.4 Å². The van der Waals surface area contributed by atoms with Crippen molar-refractivity contribution in [3.05, 3.63) is 59.2 Å². The third-order valence-corrected chi connectivity index (χ3v) is 6.33. The van der Waals surface area contributed by atoms with Gasteiger partial charge in [0.2, 0.25) is 23.6 Å².